The highest BCUT2D eigenvalue weighted by Crippen LogP contribution is 2.16. The molecule has 1 aromatic carbocycles. The van der Waals surface area contributed by atoms with Gasteiger partial charge in [-0.1, -0.05) is 34.1 Å². The minimum absolute atomic E-state index is 0.0450. The maximum Gasteiger partial charge on any atom is 0.268 e. The number of pyridine rings is 1. The van der Waals surface area contributed by atoms with E-state index in [1.165, 1.54) is 10.6 Å². The van der Waals surface area contributed by atoms with Crippen LogP contribution in [0.25, 0.3) is 11.8 Å². The van der Waals surface area contributed by atoms with E-state index in [0.717, 1.165) is 29.5 Å². The third-order valence-corrected chi connectivity index (χ3v) is 4.47. The minimum Gasteiger partial charge on any atom is -0.376 e. The number of hydrogen-bond donors (Lipinski definition) is 1. The summed E-state index contributed by atoms with van der Waals surface area (Å²) in [5.74, 6) is -0.302. The normalized spacial score (nSPS) is 17.5. The van der Waals surface area contributed by atoms with E-state index in [-0.39, 0.29) is 23.3 Å². The second-order valence-corrected chi connectivity index (χ2v) is 6.75. The van der Waals surface area contributed by atoms with E-state index >= 15 is 0 Å². The Balaban J connectivity index is 1.90. The first kappa shape index (κ1) is 17.6. The van der Waals surface area contributed by atoms with Crippen molar-refractivity contribution in [1.29, 1.82) is 0 Å². The zero-order valence-corrected chi connectivity index (χ0v) is 15.2. The number of rotatable bonds is 5. The van der Waals surface area contributed by atoms with Crippen LogP contribution in [0.15, 0.2) is 57.9 Å². The van der Waals surface area contributed by atoms with Gasteiger partial charge in [-0.25, -0.2) is 0 Å². The average molecular weight is 403 g/mol. The zero-order chi connectivity index (χ0) is 17.6. The number of benzene rings is 1. The summed E-state index contributed by atoms with van der Waals surface area (Å²) in [6.45, 7) is 1.18. The monoisotopic (exact) mass is 402 g/mol. The van der Waals surface area contributed by atoms with Gasteiger partial charge in [0.15, 0.2) is 0 Å². The molecule has 0 unspecified atom stereocenters. The molecule has 25 heavy (non-hydrogen) atoms. The smallest absolute Gasteiger partial charge is 0.268 e. The SMILES string of the molecule is O=C(NC[C@H]1CCCO1)/C(=C\c1cccc(Br)c1)n1ccccc1=O. The van der Waals surface area contributed by atoms with Crippen molar-refractivity contribution in [3.63, 3.8) is 0 Å². The van der Waals surface area contributed by atoms with Crippen LogP contribution in [0.1, 0.15) is 18.4 Å². The van der Waals surface area contributed by atoms with Crippen LogP contribution in [0.3, 0.4) is 0 Å². The van der Waals surface area contributed by atoms with Crippen molar-refractivity contribution < 1.29 is 9.53 Å². The lowest BCUT2D eigenvalue weighted by Crippen LogP contribution is -2.35. The van der Waals surface area contributed by atoms with Gasteiger partial charge in [0.05, 0.1) is 6.10 Å². The molecule has 1 fully saturated rings. The van der Waals surface area contributed by atoms with E-state index in [0.29, 0.717) is 6.54 Å². The number of ether oxygens (including phenoxy) is 1. The van der Waals surface area contributed by atoms with Gasteiger partial charge in [0.1, 0.15) is 5.70 Å². The fourth-order valence-corrected chi connectivity index (χ4v) is 3.14. The molecule has 1 aliphatic rings. The summed E-state index contributed by atoms with van der Waals surface area (Å²) in [6, 6.07) is 12.4. The summed E-state index contributed by atoms with van der Waals surface area (Å²) >= 11 is 3.42. The van der Waals surface area contributed by atoms with Crippen molar-refractivity contribution in [2.45, 2.75) is 18.9 Å². The Kier molecular flexibility index (Phi) is 5.83. The number of carbonyl (C=O) groups is 1. The summed E-state index contributed by atoms with van der Waals surface area (Å²) in [5.41, 5.74) is 0.852. The molecule has 0 saturated carbocycles. The number of hydrogen-bond acceptors (Lipinski definition) is 3. The molecule has 0 spiro atoms. The van der Waals surface area contributed by atoms with Crippen molar-refractivity contribution in [3.8, 4) is 0 Å². The summed E-state index contributed by atoms with van der Waals surface area (Å²) in [4.78, 5) is 24.9. The first-order valence-corrected chi connectivity index (χ1v) is 8.98. The van der Waals surface area contributed by atoms with E-state index in [9.17, 15) is 9.59 Å². The fraction of sp³-hybridized carbons (Fsp3) is 0.263. The Morgan fingerprint density at radius 1 is 1.32 bits per heavy atom. The van der Waals surface area contributed by atoms with E-state index < -0.39 is 0 Å². The van der Waals surface area contributed by atoms with Crippen LogP contribution < -0.4 is 10.9 Å². The van der Waals surface area contributed by atoms with Crippen LogP contribution in [0.2, 0.25) is 0 Å². The van der Waals surface area contributed by atoms with Gasteiger partial charge in [-0.15, -0.1) is 0 Å². The summed E-state index contributed by atoms with van der Waals surface area (Å²) in [5, 5.41) is 2.88. The zero-order valence-electron chi connectivity index (χ0n) is 13.7. The Morgan fingerprint density at radius 3 is 2.92 bits per heavy atom. The molecular weight excluding hydrogens is 384 g/mol. The summed E-state index contributed by atoms with van der Waals surface area (Å²) in [6.07, 6.45) is 5.30. The largest absolute Gasteiger partial charge is 0.376 e. The van der Waals surface area contributed by atoms with Crippen LogP contribution in [0.4, 0.5) is 0 Å². The van der Waals surface area contributed by atoms with Crippen molar-refractivity contribution in [1.82, 2.24) is 9.88 Å². The lowest BCUT2D eigenvalue weighted by Gasteiger charge is -2.14. The van der Waals surface area contributed by atoms with Crippen molar-refractivity contribution in [3.05, 3.63) is 69.1 Å². The topological polar surface area (TPSA) is 60.3 Å². The quantitative estimate of drug-likeness (QED) is 0.782. The lowest BCUT2D eigenvalue weighted by molar-refractivity contribution is -0.116. The predicted octanol–water partition coefficient (Wildman–Crippen LogP) is 2.90. The number of aromatic nitrogens is 1. The molecular formula is C19H19BrN2O3. The molecule has 3 rings (SSSR count). The molecule has 0 radical (unpaired) electrons. The number of carbonyl (C=O) groups excluding carboxylic acids is 1. The maximum absolute atomic E-state index is 12.7. The van der Waals surface area contributed by atoms with Crippen LogP contribution in [-0.2, 0) is 9.53 Å². The lowest BCUT2D eigenvalue weighted by atomic mass is 10.1. The van der Waals surface area contributed by atoms with Gasteiger partial charge in [0, 0.05) is 29.9 Å². The van der Waals surface area contributed by atoms with Gasteiger partial charge in [-0.3, -0.25) is 14.2 Å². The molecule has 130 valence electrons. The molecule has 0 bridgehead atoms. The van der Waals surface area contributed by atoms with Crippen LogP contribution in [-0.4, -0.2) is 29.7 Å². The van der Waals surface area contributed by atoms with Gasteiger partial charge in [0.2, 0.25) is 0 Å². The fourth-order valence-electron chi connectivity index (χ4n) is 2.73. The Morgan fingerprint density at radius 2 is 2.20 bits per heavy atom. The summed E-state index contributed by atoms with van der Waals surface area (Å²) < 4.78 is 7.79. The molecule has 2 aromatic rings. The molecule has 1 saturated heterocycles. The van der Waals surface area contributed by atoms with Crippen LogP contribution in [0, 0.1) is 0 Å². The number of nitrogens with zero attached hydrogens (tertiary/aromatic N) is 1. The number of halogens is 1. The molecule has 0 aliphatic carbocycles. The highest BCUT2D eigenvalue weighted by molar-refractivity contribution is 9.10. The number of nitrogens with one attached hydrogen (secondary N) is 1. The second kappa shape index (κ2) is 8.27. The van der Waals surface area contributed by atoms with Gasteiger partial charge < -0.3 is 10.1 Å². The minimum atomic E-state index is -0.302. The molecule has 2 heterocycles. The first-order valence-electron chi connectivity index (χ1n) is 8.18. The third-order valence-electron chi connectivity index (χ3n) is 3.98. The molecule has 1 amide bonds. The Labute approximate surface area is 154 Å². The highest BCUT2D eigenvalue weighted by atomic mass is 79.9. The molecule has 1 aromatic heterocycles. The number of amides is 1. The first-order chi connectivity index (χ1) is 12.1. The standard InChI is InChI=1S/C19H19BrN2O3/c20-15-6-3-5-14(11-15)12-17(22-9-2-1-8-18(22)23)19(24)21-13-16-7-4-10-25-16/h1-3,5-6,8-9,11-12,16H,4,7,10,13H2,(H,21,24)/b17-12+/t16-/m1/s1. The second-order valence-electron chi connectivity index (χ2n) is 5.84. The van der Waals surface area contributed by atoms with Crippen molar-refractivity contribution in [2.75, 3.05) is 13.2 Å². The third kappa shape index (κ3) is 4.67. The van der Waals surface area contributed by atoms with E-state index in [2.05, 4.69) is 21.2 Å². The van der Waals surface area contributed by atoms with Gasteiger partial charge in [-0.2, -0.15) is 0 Å². The molecule has 1 aliphatic heterocycles. The van der Waals surface area contributed by atoms with E-state index in [4.69, 9.17) is 4.74 Å². The molecule has 1 N–H and O–H groups in total. The Hall–Kier alpha value is -2.18. The van der Waals surface area contributed by atoms with Crippen LogP contribution >= 0.6 is 15.9 Å². The van der Waals surface area contributed by atoms with E-state index in [1.54, 1.807) is 24.4 Å². The summed E-state index contributed by atoms with van der Waals surface area (Å²) in [7, 11) is 0. The van der Waals surface area contributed by atoms with Crippen LogP contribution in [0.5, 0.6) is 0 Å². The van der Waals surface area contributed by atoms with Gasteiger partial charge >= 0.3 is 0 Å². The predicted molar refractivity (Wildman–Crippen MR) is 101 cm³/mol. The molecule has 6 heteroatoms. The van der Waals surface area contributed by atoms with Crippen molar-refractivity contribution >= 4 is 33.6 Å². The highest BCUT2D eigenvalue weighted by Gasteiger charge is 2.18. The molecule has 1 atom stereocenters. The molecule has 5 nitrogen and oxygen atoms in total. The Bertz CT molecular complexity index is 838. The van der Waals surface area contributed by atoms with Gasteiger partial charge in [0.25, 0.3) is 11.5 Å². The van der Waals surface area contributed by atoms with E-state index in [1.807, 2.05) is 24.3 Å². The average Bonchev–Trinajstić information content (AvgIpc) is 3.12. The maximum atomic E-state index is 12.7. The van der Waals surface area contributed by atoms with Gasteiger partial charge in [-0.05, 0) is 42.7 Å². The van der Waals surface area contributed by atoms with Crippen molar-refractivity contribution in [2.24, 2.45) is 0 Å².